The second-order valence-electron chi connectivity index (χ2n) is 5.12. The maximum Gasteiger partial charge on any atom is 0.252 e. The fraction of sp³-hybridized carbons (Fsp3) is 0.143. The molecule has 0 fully saturated rings. The van der Waals surface area contributed by atoms with Gasteiger partial charge in [-0.1, -0.05) is 0 Å². The SMILES string of the molecule is [C-]#[N+]c1cnn(-c2cnccn2)c1N=Nc1c(C)[nH]n2nc(C)nc12. The Morgan fingerprint density at radius 3 is 2.84 bits per heavy atom. The Balaban J connectivity index is 1.82. The highest BCUT2D eigenvalue weighted by atomic mass is 15.5. The summed E-state index contributed by atoms with van der Waals surface area (Å²) < 4.78 is 2.95. The van der Waals surface area contributed by atoms with E-state index in [1.54, 1.807) is 13.1 Å². The molecule has 0 aliphatic carbocycles. The fourth-order valence-corrected chi connectivity index (χ4v) is 2.32. The van der Waals surface area contributed by atoms with Crippen molar-refractivity contribution < 1.29 is 0 Å². The van der Waals surface area contributed by atoms with Crippen molar-refractivity contribution in [2.45, 2.75) is 13.8 Å². The predicted molar refractivity (Wildman–Crippen MR) is 86.4 cm³/mol. The van der Waals surface area contributed by atoms with E-state index in [2.05, 4.69) is 45.3 Å². The highest BCUT2D eigenvalue weighted by molar-refractivity contribution is 5.67. The van der Waals surface area contributed by atoms with Crippen LogP contribution in [0.2, 0.25) is 0 Å². The van der Waals surface area contributed by atoms with E-state index in [-0.39, 0.29) is 11.5 Å². The second-order valence-corrected chi connectivity index (χ2v) is 5.12. The molecule has 0 aromatic carbocycles. The lowest BCUT2D eigenvalue weighted by Crippen LogP contribution is -1.98. The average molecular weight is 333 g/mol. The summed E-state index contributed by atoms with van der Waals surface area (Å²) in [5.41, 5.74) is 2.13. The number of aromatic nitrogens is 8. The van der Waals surface area contributed by atoms with Crippen LogP contribution in [0.15, 0.2) is 35.0 Å². The molecule has 0 aliphatic heterocycles. The smallest absolute Gasteiger partial charge is 0.252 e. The van der Waals surface area contributed by atoms with Gasteiger partial charge < -0.3 is 0 Å². The molecule has 0 unspecified atom stereocenters. The highest BCUT2D eigenvalue weighted by Gasteiger charge is 2.15. The number of hydrogen-bond donors (Lipinski definition) is 1. The number of azo groups is 1. The van der Waals surface area contributed by atoms with Crippen LogP contribution in [0.5, 0.6) is 0 Å². The van der Waals surface area contributed by atoms with Crippen molar-refractivity contribution in [3.63, 3.8) is 0 Å². The van der Waals surface area contributed by atoms with E-state index >= 15 is 0 Å². The molecule has 0 atom stereocenters. The molecule has 4 aromatic heterocycles. The molecule has 0 spiro atoms. The van der Waals surface area contributed by atoms with E-state index in [9.17, 15) is 0 Å². The minimum absolute atomic E-state index is 0.260. The third kappa shape index (κ3) is 2.41. The van der Waals surface area contributed by atoms with Crippen LogP contribution in [0.25, 0.3) is 16.3 Å². The van der Waals surface area contributed by atoms with Crippen molar-refractivity contribution in [3.05, 3.63) is 47.7 Å². The molecule has 1 N–H and O–H groups in total. The van der Waals surface area contributed by atoms with Gasteiger partial charge in [-0.25, -0.2) is 19.5 Å². The van der Waals surface area contributed by atoms with Gasteiger partial charge in [-0.15, -0.1) is 15.3 Å². The predicted octanol–water partition coefficient (Wildman–Crippen LogP) is 2.62. The van der Waals surface area contributed by atoms with Gasteiger partial charge in [0.2, 0.25) is 5.65 Å². The Hall–Kier alpha value is -3.94. The Labute approximate surface area is 140 Å². The molecule has 0 aliphatic rings. The van der Waals surface area contributed by atoms with Crippen molar-refractivity contribution in [3.8, 4) is 5.82 Å². The van der Waals surface area contributed by atoms with Gasteiger partial charge in [0.1, 0.15) is 5.82 Å². The number of rotatable bonds is 3. The van der Waals surface area contributed by atoms with Crippen molar-refractivity contribution in [2.24, 2.45) is 10.2 Å². The number of aromatic amines is 1. The summed E-state index contributed by atoms with van der Waals surface area (Å²) in [6.07, 6.45) is 6.03. The summed E-state index contributed by atoms with van der Waals surface area (Å²) in [5, 5.41) is 19.9. The van der Waals surface area contributed by atoms with Gasteiger partial charge in [-0.3, -0.25) is 10.1 Å². The molecule has 11 heteroatoms. The lowest BCUT2D eigenvalue weighted by molar-refractivity contribution is 0.793. The molecular formula is C14H11N11. The number of aryl methyl sites for hydroxylation is 2. The van der Waals surface area contributed by atoms with Gasteiger partial charge in [0.25, 0.3) is 5.69 Å². The maximum absolute atomic E-state index is 7.29. The molecule has 4 rings (SSSR count). The summed E-state index contributed by atoms with van der Waals surface area (Å²) in [5.74, 6) is 1.33. The molecule has 0 radical (unpaired) electrons. The zero-order valence-electron chi connectivity index (χ0n) is 13.3. The van der Waals surface area contributed by atoms with E-state index in [1.165, 1.54) is 27.9 Å². The van der Waals surface area contributed by atoms with Gasteiger partial charge >= 0.3 is 0 Å². The molecular weight excluding hydrogens is 322 g/mol. The van der Waals surface area contributed by atoms with E-state index in [0.717, 1.165) is 5.69 Å². The van der Waals surface area contributed by atoms with Crippen LogP contribution in [-0.2, 0) is 0 Å². The largest absolute Gasteiger partial charge is 0.278 e. The first kappa shape index (κ1) is 14.6. The summed E-state index contributed by atoms with van der Waals surface area (Å²) >= 11 is 0. The van der Waals surface area contributed by atoms with Gasteiger partial charge in [0, 0.05) is 12.4 Å². The third-order valence-electron chi connectivity index (χ3n) is 3.41. The van der Waals surface area contributed by atoms with Gasteiger partial charge in [-0.2, -0.15) is 9.73 Å². The van der Waals surface area contributed by atoms with Crippen LogP contribution in [0.4, 0.5) is 17.2 Å². The maximum atomic E-state index is 7.29. The second kappa shape index (κ2) is 5.60. The van der Waals surface area contributed by atoms with E-state index in [4.69, 9.17) is 6.57 Å². The van der Waals surface area contributed by atoms with E-state index in [1.807, 2.05) is 6.92 Å². The topological polar surface area (TPSA) is 119 Å². The van der Waals surface area contributed by atoms with Crippen molar-refractivity contribution in [1.29, 1.82) is 0 Å². The Bertz CT molecular complexity index is 1120. The summed E-state index contributed by atoms with van der Waals surface area (Å²) in [6.45, 7) is 10.9. The van der Waals surface area contributed by atoms with Crippen molar-refractivity contribution >= 4 is 22.8 Å². The number of nitrogens with zero attached hydrogens (tertiary/aromatic N) is 10. The van der Waals surface area contributed by atoms with Crippen LogP contribution < -0.4 is 0 Å². The average Bonchev–Trinajstić information content (AvgIpc) is 3.26. The molecule has 4 heterocycles. The summed E-state index contributed by atoms with van der Waals surface area (Å²) in [4.78, 5) is 15.9. The van der Waals surface area contributed by atoms with Crippen molar-refractivity contribution in [2.75, 3.05) is 0 Å². The van der Waals surface area contributed by atoms with Crippen LogP contribution >= 0.6 is 0 Å². The van der Waals surface area contributed by atoms with Gasteiger partial charge in [0.05, 0.1) is 24.7 Å². The first-order chi connectivity index (χ1) is 12.2. The number of fused-ring (bicyclic) bond motifs is 1. The van der Waals surface area contributed by atoms with Gasteiger partial charge in [-0.05, 0) is 13.8 Å². The Morgan fingerprint density at radius 2 is 2.08 bits per heavy atom. The summed E-state index contributed by atoms with van der Waals surface area (Å²) in [7, 11) is 0. The zero-order chi connectivity index (χ0) is 17.4. The Morgan fingerprint density at radius 1 is 1.20 bits per heavy atom. The van der Waals surface area contributed by atoms with E-state index in [0.29, 0.717) is 23.0 Å². The first-order valence-corrected chi connectivity index (χ1v) is 7.23. The third-order valence-corrected chi connectivity index (χ3v) is 3.41. The quantitative estimate of drug-likeness (QED) is 0.456. The molecule has 0 bridgehead atoms. The van der Waals surface area contributed by atoms with Crippen LogP contribution in [-0.4, -0.2) is 39.6 Å². The number of hydrogen-bond acceptors (Lipinski definition) is 7. The molecule has 0 saturated carbocycles. The summed E-state index contributed by atoms with van der Waals surface area (Å²) in [6, 6.07) is 0. The van der Waals surface area contributed by atoms with Crippen LogP contribution in [0.3, 0.4) is 0 Å². The monoisotopic (exact) mass is 333 g/mol. The minimum Gasteiger partial charge on any atom is -0.278 e. The molecule has 0 saturated heterocycles. The minimum atomic E-state index is 0.260. The highest BCUT2D eigenvalue weighted by Crippen LogP contribution is 2.32. The number of nitrogens with one attached hydrogen (secondary N) is 1. The van der Waals surface area contributed by atoms with Gasteiger partial charge in [0.15, 0.2) is 17.3 Å². The lowest BCUT2D eigenvalue weighted by Gasteiger charge is -2.01. The first-order valence-electron chi connectivity index (χ1n) is 7.23. The Kier molecular flexibility index (Phi) is 3.28. The molecule has 25 heavy (non-hydrogen) atoms. The molecule has 11 nitrogen and oxygen atoms in total. The van der Waals surface area contributed by atoms with Crippen LogP contribution in [0, 0.1) is 20.4 Å². The molecule has 4 aromatic rings. The normalized spacial score (nSPS) is 11.4. The van der Waals surface area contributed by atoms with Crippen molar-refractivity contribution in [1.82, 2.24) is 39.6 Å². The molecule has 0 amide bonds. The van der Waals surface area contributed by atoms with Crippen LogP contribution in [0.1, 0.15) is 11.5 Å². The fourth-order valence-electron chi connectivity index (χ4n) is 2.32. The van der Waals surface area contributed by atoms with E-state index < -0.39 is 0 Å². The lowest BCUT2D eigenvalue weighted by atomic mass is 10.4. The zero-order valence-corrected chi connectivity index (χ0v) is 13.3. The molecule has 122 valence electrons. The number of H-pyrrole nitrogens is 1. The standard InChI is InChI=1S/C14H11N11/c1-8-12(14-19-9(2)23-25(14)22-8)20-21-13-10(15-3)6-18-24(13)11-7-16-4-5-17-11/h4-7,22H,1-2H3.